The van der Waals surface area contributed by atoms with Crippen LogP contribution in [0.1, 0.15) is 22.7 Å². The largest absolute Gasteiger partial charge is 0.507 e. The van der Waals surface area contributed by atoms with Gasteiger partial charge in [-0.15, -0.1) is 0 Å². The van der Waals surface area contributed by atoms with Gasteiger partial charge in [-0.1, -0.05) is 35.9 Å². The Balaban J connectivity index is 1.71. The number of pyridine rings is 1. The summed E-state index contributed by atoms with van der Waals surface area (Å²) in [5.74, 6) is -1.41. The highest BCUT2D eigenvalue weighted by molar-refractivity contribution is 6.46. The number of likely N-dealkylation sites (tertiary alicyclic amines) is 1. The Morgan fingerprint density at radius 2 is 1.87 bits per heavy atom. The van der Waals surface area contributed by atoms with Gasteiger partial charge >= 0.3 is 0 Å². The van der Waals surface area contributed by atoms with Crippen molar-refractivity contribution in [2.45, 2.75) is 13.0 Å². The number of carbonyl (C=O) groups excluding carboxylic acids is 2. The molecule has 1 atom stereocenters. The molecule has 7 nitrogen and oxygen atoms in total. The minimum Gasteiger partial charge on any atom is -0.507 e. The molecule has 4 rings (SSSR count). The van der Waals surface area contributed by atoms with E-state index in [2.05, 4.69) is 9.88 Å². The number of aromatic nitrogens is 1. The van der Waals surface area contributed by atoms with Gasteiger partial charge in [0.05, 0.1) is 24.8 Å². The van der Waals surface area contributed by atoms with Crippen molar-refractivity contribution in [3.8, 4) is 0 Å². The van der Waals surface area contributed by atoms with E-state index in [4.69, 9.17) is 4.74 Å². The van der Waals surface area contributed by atoms with Gasteiger partial charge in [0, 0.05) is 44.1 Å². The molecule has 156 valence electrons. The zero-order valence-electron chi connectivity index (χ0n) is 17.0. The third-order valence-corrected chi connectivity index (χ3v) is 5.63. The van der Waals surface area contributed by atoms with Crippen molar-refractivity contribution in [1.29, 1.82) is 0 Å². The molecule has 1 aromatic heterocycles. The number of rotatable bonds is 5. The topological polar surface area (TPSA) is 83.0 Å². The van der Waals surface area contributed by atoms with Crippen molar-refractivity contribution in [2.75, 3.05) is 39.4 Å². The standard InChI is InChI=1S/C23H25N3O4/c1-16-4-6-17(7-5-16)21(27)19-20(18-3-2-8-24-15-18)26(23(29)22(19)28)10-9-25-11-13-30-14-12-25/h2-8,15,20,27H,9-14H2,1H3/b21-19+/t20-/m0/s1. The number of Topliss-reactive ketones (excluding diaryl/α,β-unsaturated/α-hetero) is 1. The maximum absolute atomic E-state index is 13.0. The lowest BCUT2D eigenvalue weighted by Gasteiger charge is -2.30. The number of amides is 1. The van der Waals surface area contributed by atoms with E-state index >= 15 is 0 Å². The molecule has 2 aromatic rings. The fourth-order valence-corrected chi connectivity index (χ4v) is 3.94. The summed E-state index contributed by atoms with van der Waals surface area (Å²) in [6.07, 6.45) is 3.28. The SMILES string of the molecule is Cc1ccc(/C(O)=C2\C(=O)C(=O)N(CCN3CCOCC3)[C@H]2c2cccnc2)cc1. The molecule has 2 saturated heterocycles. The quantitative estimate of drug-likeness (QED) is 0.465. The fourth-order valence-electron chi connectivity index (χ4n) is 3.94. The molecule has 7 heteroatoms. The highest BCUT2D eigenvalue weighted by Crippen LogP contribution is 2.38. The van der Waals surface area contributed by atoms with Crippen LogP contribution in [0.3, 0.4) is 0 Å². The molecule has 0 aliphatic carbocycles. The van der Waals surface area contributed by atoms with Crippen LogP contribution < -0.4 is 0 Å². The van der Waals surface area contributed by atoms with Gasteiger partial charge in [-0.05, 0) is 18.6 Å². The van der Waals surface area contributed by atoms with Crippen molar-refractivity contribution >= 4 is 17.4 Å². The molecule has 1 aromatic carbocycles. The van der Waals surface area contributed by atoms with Crippen molar-refractivity contribution in [3.05, 3.63) is 71.1 Å². The minimum absolute atomic E-state index is 0.110. The Hall–Kier alpha value is -3.03. The number of aryl methyl sites for hydroxylation is 1. The number of ether oxygens (including phenoxy) is 1. The van der Waals surface area contributed by atoms with Crippen LogP contribution in [0.25, 0.3) is 5.76 Å². The van der Waals surface area contributed by atoms with Crippen molar-refractivity contribution < 1.29 is 19.4 Å². The lowest BCUT2D eigenvalue weighted by molar-refractivity contribution is -0.140. The Kier molecular flexibility index (Phi) is 5.92. The van der Waals surface area contributed by atoms with E-state index in [-0.39, 0.29) is 11.3 Å². The molecule has 2 fully saturated rings. The normalized spacial score (nSPS) is 21.9. The molecule has 0 saturated carbocycles. The first kappa shape index (κ1) is 20.3. The highest BCUT2D eigenvalue weighted by atomic mass is 16.5. The molecular weight excluding hydrogens is 382 g/mol. The molecule has 0 bridgehead atoms. The van der Waals surface area contributed by atoms with Crippen LogP contribution >= 0.6 is 0 Å². The van der Waals surface area contributed by atoms with Gasteiger partial charge in [-0.25, -0.2) is 0 Å². The second-order valence-corrected chi connectivity index (χ2v) is 7.60. The smallest absolute Gasteiger partial charge is 0.295 e. The van der Waals surface area contributed by atoms with Gasteiger partial charge in [0.1, 0.15) is 5.76 Å². The van der Waals surface area contributed by atoms with Crippen LogP contribution in [-0.4, -0.2) is 71.0 Å². The fraction of sp³-hybridized carbons (Fsp3) is 0.348. The van der Waals surface area contributed by atoms with Crippen molar-refractivity contribution in [2.24, 2.45) is 0 Å². The van der Waals surface area contributed by atoms with E-state index in [0.29, 0.717) is 37.4 Å². The predicted molar refractivity (Wildman–Crippen MR) is 112 cm³/mol. The predicted octanol–water partition coefficient (Wildman–Crippen LogP) is 2.14. The molecule has 1 N–H and O–H groups in total. The van der Waals surface area contributed by atoms with Crippen LogP contribution in [-0.2, 0) is 14.3 Å². The van der Waals surface area contributed by atoms with Crippen molar-refractivity contribution in [1.82, 2.24) is 14.8 Å². The van der Waals surface area contributed by atoms with E-state index in [9.17, 15) is 14.7 Å². The first-order valence-electron chi connectivity index (χ1n) is 10.1. The maximum Gasteiger partial charge on any atom is 0.295 e. The van der Waals surface area contributed by atoms with Gasteiger partial charge in [0.25, 0.3) is 11.7 Å². The number of morpholine rings is 1. The van der Waals surface area contributed by atoms with Gasteiger partial charge in [0.15, 0.2) is 0 Å². The highest BCUT2D eigenvalue weighted by Gasteiger charge is 2.46. The summed E-state index contributed by atoms with van der Waals surface area (Å²) in [5.41, 5.74) is 2.37. The second-order valence-electron chi connectivity index (χ2n) is 7.60. The van der Waals surface area contributed by atoms with Crippen LogP contribution in [0.15, 0.2) is 54.4 Å². The van der Waals surface area contributed by atoms with Gasteiger partial charge in [-0.3, -0.25) is 19.5 Å². The molecule has 0 unspecified atom stereocenters. The number of aliphatic hydroxyl groups is 1. The summed E-state index contributed by atoms with van der Waals surface area (Å²) in [7, 11) is 0. The zero-order chi connectivity index (χ0) is 21.1. The van der Waals surface area contributed by atoms with Gasteiger partial charge < -0.3 is 14.7 Å². The van der Waals surface area contributed by atoms with E-state index < -0.39 is 17.7 Å². The van der Waals surface area contributed by atoms with Crippen LogP contribution in [0.2, 0.25) is 0 Å². The zero-order valence-corrected chi connectivity index (χ0v) is 17.0. The van der Waals surface area contributed by atoms with Crippen LogP contribution in [0, 0.1) is 6.92 Å². The molecule has 1 amide bonds. The Morgan fingerprint density at radius 1 is 1.13 bits per heavy atom. The number of hydrogen-bond donors (Lipinski definition) is 1. The first-order chi connectivity index (χ1) is 14.6. The number of aliphatic hydroxyl groups excluding tert-OH is 1. The van der Waals surface area contributed by atoms with E-state index in [0.717, 1.165) is 18.7 Å². The minimum atomic E-state index is -0.666. The monoisotopic (exact) mass is 407 g/mol. The van der Waals surface area contributed by atoms with E-state index in [1.54, 1.807) is 35.5 Å². The average molecular weight is 407 g/mol. The third kappa shape index (κ3) is 3.99. The summed E-state index contributed by atoms with van der Waals surface area (Å²) >= 11 is 0. The Labute approximate surface area is 175 Å². The summed E-state index contributed by atoms with van der Waals surface area (Å²) in [6.45, 7) is 5.89. The van der Waals surface area contributed by atoms with Crippen molar-refractivity contribution in [3.63, 3.8) is 0 Å². The molecule has 3 heterocycles. The van der Waals surface area contributed by atoms with E-state index in [1.807, 2.05) is 25.1 Å². The summed E-state index contributed by atoms with van der Waals surface area (Å²) in [6, 6.07) is 10.2. The molecule has 2 aliphatic heterocycles. The van der Waals surface area contributed by atoms with E-state index in [1.165, 1.54) is 0 Å². The number of benzene rings is 1. The lowest BCUT2D eigenvalue weighted by Crippen LogP contribution is -2.42. The second kappa shape index (κ2) is 8.77. The molecular formula is C23H25N3O4. The molecule has 0 spiro atoms. The number of nitrogens with zero attached hydrogens (tertiary/aromatic N) is 3. The molecule has 2 aliphatic rings. The molecule has 0 radical (unpaired) electrons. The Morgan fingerprint density at radius 3 is 2.53 bits per heavy atom. The number of ketones is 1. The lowest BCUT2D eigenvalue weighted by atomic mass is 9.96. The summed E-state index contributed by atoms with van der Waals surface area (Å²) in [4.78, 5) is 33.8. The van der Waals surface area contributed by atoms with Crippen LogP contribution in [0.4, 0.5) is 0 Å². The average Bonchev–Trinajstić information content (AvgIpc) is 3.04. The van der Waals surface area contributed by atoms with Crippen LogP contribution in [0.5, 0.6) is 0 Å². The third-order valence-electron chi connectivity index (χ3n) is 5.63. The maximum atomic E-state index is 13.0. The molecule has 30 heavy (non-hydrogen) atoms. The number of carbonyl (C=O) groups is 2. The van der Waals surface area contributed by atoms with Gasteiger partial charge in [0.2, 0.25) is 0 Å². The summed E-state index contributed by atoms with van der Waals surface area (Å²) < 4.78 is 5.38. The first-order valence-corrected chi connectivity index (χ1v) is 10.1. The number of hydrogen-bond acceptors (Lipinski definition) is 6. The van der Waals surface area contributed by atoms with Gasteiger partial charge in [-0.2, -0.15) is 0 Å². The Bertz CT molecular complexity index is 950. The summed E-state index contributed by atoms with van der Waals surface area (Å²) in [5, 5.41) is 11.0.